The molecule has 4 nitrogen and oxygen atoms in total. The molecule has 0 aromatic heterocycles. The molecule has 1 saturated carbocycles. The molecule has 0 aromatic carbocycles. The number of aliphatic hydroxyl groups excluding tert-OH is 2. The summed E-state index contributed by atoms with van der Waals surface area (Å²) in [5, 5.41) is 29.2. The first-order chi connectivity index (χ1) is 13.0. The van der Waals surface area contributed by atoms with Gasteiger partial charge in [-0.15, -0.1) is 0 Å². The molecule has 0 aromatic rings. The third-order valence-corrected chi connectivity index (χ3v) is 5.74. The molecule has 0 heterocycles. The van der Waals surface area contributed by atoms with Crippen molar-refractivity contribution in [3.05, 3.63) is 24.3 Å². The second-order valence-corrected chi connectivity index (χ2v) is 8.63. The van der Waals surface area contributed by atoms with Gasteiger partial charge < -0.3 is 15.3 Å². The fourth-order valence-corrected chi connectivity index (χ4v) is 3.71. The van der Waals surface area contributed by atoms with Crippen molar-refractivity contribution in [1.82, 2.24) is 0 Å². The largest absolute Gasteiger partial charge is 0.481 e. The lowest BCUT2D eigenvalue weighted by molar-refractivity contribution is -0.137. The van der Waals surface area contributed by atoms with Gasteiger partial charge >= 0.3 is 5.97 Å². The lowest BCUT2D eigenvalue weighted by Crippen LogP contribution is -2.29. The van der Waals surface area contributed by atoms with Crippen LogP contribution < -0.4 is 0 Å². The molecule has 0 radical (unpaired) electrons. The van der Waals surface area contributed by atoms with Crippen molar-refractivity contribution >= 4 is 5.97 Å². The number of hydrogen-bond acceptors (Lipinski definition) is 3. The summed E-state index contributed by atoms with van der Waals surface area (Å²) in [6, 6.07) is 0. The third-order valence-electron chi connectivity index (χ3n) is 5.74. The molecule has 28 heavy (non-hydrogen) atoms. The fraction of sp³-hybridized carbons (Fsp3) is 0.773. The lowest BCUT2D eigenvalue weighted by atomic mass is 9.80. The predicted molar refractivity (Wildman–Crippen MR) is 106 cm³/mol. The Kier molecular flexibility index (Phi) is 9.78. The fourth-order valence-electron chi connectivity index (χ4n) is 3.71. The molecule has 162 valence electrons. The van der Waals surface area contributed by atoms with Crippen molar-refractivity contribution in [1.29, 1.82) is 0 Å². The van der Waals surface area contributed by atoms with Crippen molar-refractivity contribution in [3.63, 3.8) is 0 Å². The molecule has 1 rings (SSSR count). The summed E-state index contributed by atoms with van der Waals surface area (Å²) in [6.07, 6.45) is 8.05. The van der Waals surface area contributed by atoms with E-state index in [0.29, 0.717) is 12.8 Å². The van der Waals surface area contributed by atoms with Crippen molar-refractivity contribution in [2.75, 3.05) is 0 Å². The van der Waals surface area contributed by atoms with Gasteiger partial charge in [0.1, 0.15) is 0 Å². The summed E-state index contributed by atoms with van der Waals surface area (Å²) in [7, 11) is 0. The normalized spacial score (nSPS) is 26.3. The van der Waals surface area contributed by atoms with E-state index in [9.17, 15) is 23.8 Å². The Bertz CT molecular complexity index is 543. The Hall–Kier alpha value is -1.27. The number of carboxylic acid groups (broad SMARTS) is 1. The van der Waals surface area contributed by atoms with Crippen LogP contribution >= 0.6 is 0 Å². The molecular formula is C22H36F2O4. The number of aliphatic carboxylic acids is 1. The SMILES string of the molecule is CCCCC(C)(C)[C@H](O)C=C[C@H]1[C@H](O)CC(F)(F)[C@@H]1CC=CCCCC(=O)O. The van der Waals surface area contributed by atoms with E-state index in [-0.39, 0.29) is 18.3 Å². The monoisotopic (exact) mass is 402 g/mol. The third kappa shape index (κ3) is 7.63. The molecule has 0 amide bonds. The number of halogens is 2. The van der Waals surface area contributed by atoms with Gasteiger partial charge in [-0.25, -0.2) is 8.78 Å². The van der Waals surface area contributed by atoms with Gasteiger partial charge in [-0.05, 0) is 31.1 Å². The average molecular weight is 403 g/mol. The molecule has 6 heteroatoms. The number of aliphatic hydroxyl groups is 2. The highest BCUT2D eigenvalue weighted by molar-refractivity contribution is 5.66. The van der Waals surface area contributed by atoms with Crippen LogP contribution in [0.2, 0.25) is 0 Å². The van der Waals surface area contributed by atoms with E-state index in [1.807, 2.05) is 13.8 Å². The highest BCUT2D eigenvalue weighted by atomic mass is 19.3. The van der Waals surface area contributed by atoms with Crippen LogP contribution in [0.15, 0.2) is 24.3 Å². The highest BCUT2D eigenvalue weighted by Crippen LogP contribution is 2.47. The molecule has 4 atom stereocenters. The zero-order chi connectivity index (χ0) is 21.4. The van der Waals surface area contributed by atoms with Gasteiger partial charge in [-0.1, -0.05) is 57.9 Å². The van der Waals surface area contributed by atoms with Crippen LogP contribution in [0.5, 0.6) is 0 Å². The van der Waals surface area contributed by atoms with E-state index >= 15 is 0 Å². The van der Waals surface area contributed by atoms with Crippen molar-refractivity contribution in [3.8, 4) is 0 Å². The zero-order valence-corrected chi connectivity index (χ0v) is 17.3. The van der Waals surface area contributed by atoms with Crippen molar-refractivity contribution in [2.45, 2.75) is 90.3 Å². The summed E-state index contributed by atoms with van der Waals surface area (Å²) in [6.45, 7) is 5.98. The molecule has 0 aliphatic heterocycles. The Balaban J connectivity index is 2.73. The number of alkyl halides is 2. The maximum Gasteiger partial charge on any atom is 0.303 e. The Labute approximate surface area is 167 Å². The maximum absolute atomic E-state index is 14.3. The first-order valence-electron chi connectivity index (χ1n) is 10.3. The number of carboxylic acids is 1. The molecule has 1 aliphatic rings. The number of rotatable bonds is 12. The highest BCUT2D eigenvalue weighted by Gasteiger charge is 2.53. The zero-order valence-electron chi connectivity index (χ0n) is 17.3. The van der Waals surface area contributed by atoms with E-state index in [0.717, 1.165) is 19.3 Å². The Morgan fingerprint density at radius 3 is 2.57 bits per heavy atom. The second kappa shape index (κ2) is 11.1. The molecule has 3 N–H and O–H groups in total. The van der Waals surface area contributed by atoms with Crippen LogP contribution in [-0.4, -0.2) is 39.4 Å². The molecule has 0 saturated heterocycles. The number of carbonyl (C=O) groups is 1. The van der Waals surface area contributed by atoms with Crippen LogP contribution in [0.1, 0.15) is 72.1 Å². The van der Waals surface area contributed by atoms with E-state index < -0.39 is 42.4 Å². The van der Waals surface area contributed by atoms with Crippen LogP contribution in [-0.2, 0) is 4.79 Å². The molecular weight excluding hydrogens is 366 g/mol. The minimum Gasteiger partial charge on any atom is -0.481 e. The van der Waals surface area contributed by atoms with Crippen molar-refractivity contribution < 1.29 is 28.9 Å². The van der Waals surface area contributed by atoms with Gasteiger partial charge in [0, 0.05) is 24.7 Å². The Morgan fingerprint density at radius 2 is 1.96 bits per heavy atom. The minimum atomic E-state index is -2.97. The van der Waals surface area contributed by atoms with E-state index in [1.165, 1.54) is 0 Å². The van der Waals surface area contributed by atoms with Gasteiger partial charge in [0.15, 0.2) is 0 Å². The minimum absolute atomic E-state index is 0.0553. The van der Waals surface area contributed by atoms with Crippen LogP contribution in [0, 0.1) is 17.3 Å². The van der Waals surface area contributed by atoms with E-state index in [4.69, 9.17) is 5.11 Å². The lowest BCUT2D eigenvalue weighted by Gasteiger charge is -2.29. The average Bonchev–Trinajstić information content (AvgIpc) is 2.81. The maximum atomic E-state index is 14.3. The van der Waals surface area contributed by atoms with Gasteiger partial charge in [-0.3, -0.25) is 4.79 Å². The smallest absolute Gasteiger partial charge is 0.303 e. The van der Waals surface area contributed by atoms with Gasteiger partial charge in [0.2, 0.25) is 0 Å². The topological polar surface area (TPSA) is 77.8 Å². The summed E-state index contributed by atoms with van der Waals surface area (Å²) in [5.41, 5.74) is -0.349. The van der Waals surface area contributed by atoms with E-state index in [1.54, 1.807) is 24.3 Å². The summed E-state index contributed by atoms with van der Waals surface area (Å²) < 4.78 is 28.7. The second-order valence-electron chi connectivity index (χ2n) is 8.63. The first kappa shape index (κ1) is 24.8. The first-order valence-corrected chi connectivity index (χ1v) is 10.3. The van der Waals surface area contributed by atoms with Crippen LogP contribution in [0.4, 0.5) is 8.78 Å². The molecule has 1 aliphatic carbocycles. The summed E-state index contributed by atoms with van der Waals surface area (Å²) in [4.78, 5) is 10.5. The standard InChI is InChI=1S/C22H36F2O4/c1-4-5-14-21(2,3)19(26)13-12-16-17(22(23,24)15-18(16)25)10-8-6-7-9-11-20(27)28/h6,8,12-13,16-19,25-26H,4-5,7,9-11,14-15H2,1-3H3,(H,27,28)/t16-,17-,18-,19-/m1/s1. The predicted octanol–water partition coefficient (Wildman–Crippen LogP) is 4.95. The molecule has 0 unspecified atom stereocenters. The number of allylic oxidation sites excluding steroid dienone is 2. The summed E-state index contributed by atoms with van der Waals surface area (Å²) >= 11 is 0. The number of hydrogen-bond donors (Lipinski definition) is 3. The van der Waals surface area contributed by atoms with Crippen LogP contribution in [0.3, 0.4) is 0 Å². The Morgan fingerprint density at radius 1 is 1.29 bits per heavy atom. The number of unbranched alkanes of at least 4 members (excludes halogenated alkanes) is 2. The molecule has 1 fully saturated rings. The van der Waals surface area contributed by atoms with Gasteiger partial charge in [0.25, 0.3) is 5.92 Å². The molecule has 0 spiro atoms. The molecule has 0 bridgehead atoms. The summed E-state index contributed by atoms with van der Waals surface area (Å²) in [5.74, 6) is -5.58. The van der Waals surface area contributed by atoms with Crippen LogP contribution in [0.25, 0.3) is 0 Å². The quantitative estimate of drug-likeness (QED) is 0.319. The van der Waals surface area contributed by atoms with Crippen molar-refractivity contribution in [2.24, 2.45) is 17.3 Å². The van der Waals surface area contributed by atoms with Gasteiger partial charge in [0.05, 0.1) is 12.2 Å². The van der Waals surface area contributed by atoms with Gasteiger partial charge in [-0.2, -0.15) is 0 Å². The van der Waals surface area contributed by atoms with E-state index in [2.05, 4.69) is 6.92 Å².